The van der Waals surface area contributed by atoms with Crippen LogP contribution in [-0.2, 0) is 16.0 Å². The van der Waals surface area contributed by atoms with Gasteiger partial charge >= 0.3 is 5.97 Å². The first-order chi connectivity index (χ1) is 7.97. The summed E-state index contributed by atoms with van der Waals surface area (Å²) in [5, 5.41) is 18.6. The number of aliphatic hydroxyl groups excluding tert-OH is 1. The fourth-order valence-electron chi connectivity index (χ4n) is 1.60. The molecule has 0 aliphatic heterocycles. The van der Waals surface area contributed by atoms with Crippen LogP contribution in [0.2, 0.25) is 0 Å². The molecular formula is C12H13BrO4. The smallest absolute Gasteiger partial charge is 0.337 e. The van der Waals surface area contributed by atoms with Gasteiger partial charge in [-0.3, -0.25) is 4.79 Å². The molecule has 0 radical (unpaired) electrons. The van der Waals surface area contributed by atoms with Crippen LogP contribution in [-0.4, -0.2) is 27.3 Å². The summed E-state index contributed by atoms with van der Waals surface area (Å²) in [7, 11) is 0. The molecule has 2 N–H and O–H groups in total. The summed E-state index contributed by atoms with van der Waals surface area (Å²) in [6.45, 7) is 1.79. The minimum atomic E-state index is -1.59. The molecule has 17 heavy (non-hydrogen) atoms. The van der Waals surface area contributed by atoms with Crippen LogP contribution in [0, 0.1) is 6.92 Å². The van der Waals surface area contributed by atoms with Gasteiger partial charge in [0.1, 0.15) is 5.78 Å². The van der Waals surface area contributed by atoms with E-state index in [1.54, 1.807) is 19.1 Å². The first-order valence-electron chi connectivity index (χ1n) is 5.04. The topological polar surface area (TPSA) is 74.6 Å². The number of carbonyl (C=O) groups is 2. The highest BCUT2D eigenvalue weighted by atomic mass is 79.9. The average Bonchev–Trinajstić information content (AvgIpc) is 2.30. The maximum Gasteiger partial charge on any atom is 0.337 e. The number of halogens is 1. The van der Waals surface area contributed by atoms with E-state index in [2.05, 4.69) is 15.9 Å². The van der Waals surface area contributed by atoms with Gasteiger partial charge in [0.25, 0.3) is 0 Å². The monoisotopic (exact) mass is 300 g/mol. The van der Waals surface area contributed by atoms with E-state index in [9.17, 15) is 14.7 Å². The number of hydrogen-bond donors (Lipinski definition) is 2. The van der Waals surface area contributed by atoms with Crippen molar-refractivity contribution >= 4 is 27.7 Å². The average molecular weight is 301 g/mol. The zero-order valence-corrected chi connectivity index (χ0v) is 10.9. The van der Waals surface area contributed by atoms with E-state index >= 15 is 0 Å². The molecule has 0 aliphatic rings. The molecule has 0 fully saturated rings. The van der Waals surface area contributed by atoms with E-state index in [-0.39, 0.29) is 23.1 Å². The molecular weight excluding hydrogens is 288 g/mol. The van der Waals surface area contributed by atoms with E-state index in [0.29, 0.717) is 5.56 Å². The SMILES string of the molecule is Cc1cccc(C(O)C(=O)O)c1CC(=O)CBr. The molecule has 0 aromatic heterocycles. The molecule has 92 valence electrons. The molecule has 0 aliphatic carbocycles. The second-order valence-electron chi connectivity index (χ2n) is 3.73. The summed E-state index contributed by atoms with van der Waals surface area (Å²) in [6.07, 6.45) is -1.47. The van der Waals surface area contributed by atoms with Gasteiger partial charge in [-0.2, -0.15) is 0 Å². The lowest BCUT2D eigenvalue weighted by atomic mass is 9.94. The zero-order valence-electron chi connectivity index (χ0n) is 9.31. The third kappa shape index (κ3) is 3.38. The molecule has 0 amide bonds. The molecule has 5 heteroatoms. The van der Waals surface area contributed by atoms with Crippen molar-refractivity contribution in [3.63, 3.8) is 0 Å². The predicted octanol–water partition coefficient (Wildman–Crippen LogP) is 1.62. The number of aliphatic carboxylic acids is 1. The predicted molar refractivity (Wildman–Crippen MR) is 66.3 cm³/mol. The number of ketones is 1. The highest BCUT2D eigenvalue weighted by molar-refractivity contribution is 9.09. The second kappa shape index (κ2) is 5.93. The van der Waals surface area contributed by atoms with Gasteiger partial charge in [-0.1, -0.05) is 34.1 Å². The van der Waals surface area contributed by atoms with Gasteiger partial charge in [0, 0.05) is 6.42 Å². The van der Waals surface area contributed by atoms with Crippen LogP contribution in [0.1, 0.15) is 22.8 Å². The Balaban J connectivity index is 3.17. The van der Waals surface area contributed by atoms with Crippen LogP contribution in [0.3, 0.4) is 0 Å². The van der Waals surface area contributed by atoms with Crippen molar-refractivity contribution in [1.29, 1.82) is 0 Å². The first kappa shape index (κ1) is 13.9. The molecule has 4 nitrogen and oxygen atoms in total. The highest BCUT2D eigenvalue weighted by Crippen LogP contribution is 2.22. The summed E-state index contributed by atoms with van der Waals surface area (Å²) >= 11 is 3.06. The van der Waals surface area contributed by atoms with Crippen LogP contribution < -0.4 is 0 Å². The number of benzene rings is 1. The van der Waals surface area contributed by atoms with Crippen molar-refractivity contribution < 1.29 is 19.8 Å². The van der Waals surface area contributed by atoms with Crippen molar-refractivity contribution in [3.05, 3.63) is 34.9 Å². The number of aryl methyl sites for hydroxylation is 1. The molecule has 0 heterocycles. The van der Waals surface area contributed by atoms with E-state index in [0.717, 1.165) is 5.56 Å². The first-order valence-corrected chi connectivity index (χ1v) is 6.16. The molecule has 1 unspecified atom stereocenters. The van der Waals surface area contributed by atoms with Gasteiger partial charge in [0.05, 0.1) is 5.33 Å². The maximum atomic E-state index is 11.4. The van der Waals surface area contributed by atoms with Crippen LogP contribution >= 0.6 is 15.9 Å². The third-order valence-electron chi connectivity index (χ3n) is 2.50. The minimum absolute atomic E-state index is 0.0573. The Bertz CT molecular complexity index is 442. The van der Waals surface area contributed by atoms with Gasteiger partial charge in [-0.25, -0.2) is 4.79 Å². The number of carboxylic acid groups (broad SMARTS) is 1. The van der Waals surface area contributed by atoms with E-state index in [4.69, 9.17) is 5.11 Å². The number of carbonyl (C=O) groups excluding carboxylic acids is 1. The van der Waals surface area contributed by atoms with E-state index < -0.39 is 12.1 Å². The quantitative estimate of drug-likeness (QED) is 0.810. The van der Waals surface area contributed by atoms with E-state index in [1.165, 1.54) is 6.07 Å². The molecule has 1 aromatic carbocycles. The number of alkyl halides is 1. The normalized spacial score (nSPS) is 12.2. The van der Waals surface area contributed by atoms with Gasteiger partial charge in [-0.15, -0.1) is 0 Å². The Morgan fingerprint density at radius 1 is 1.41 bits per heavy atom. The molecule has 0 bridgehead atoms. The zero-order chi connectivity index (χ0) is 13.0. The molecule has 0 saturated carbocycles. The fourth-order valence-corrected chi connectivity index (χ4v) is 1.80. The van der Waals surface area contributed by atoms with Crippen LogP contribution in [0.25, 0.3) is 0 Å². The summed E-state index contributed by atoms with van der Waals surface area (Å²) in [4.78, 5) is 22.2. The Hall–Kier alpha value is -1.20. The molecule has 1 rings (SSSR count). The minimum Gasteiger partial charge on any atom is -0.479 e. The summed E-state index contributed by atoms with van der Waals surface area (Å²) in [6, 6.07) is 4.98. The van der Waals surface area contributed by atoms with Gasteiger partial charge in [-0.05, 0) is 23.6 Å². The number of rotatable bonds is 5. The van der Waals surface area contributed by atoms with Crippen molar-refractivity contribution in [1.82, 2.24) is 0 Å². The number of aliphatic hydroxyl groups is 1. The second-order valence-corrected chi connectivity index (χ2v) is 4.29. The number of hydrogen-bond acceptors (Lipinski definition) is 3. The lowest BCUT2D eigenvalue weighted by molar-refractivity contribution is -0.147. The largest absolute Gasteiger partial charge is 0.479 e. The number of carboxylic acids is 1. The maximum absolute atomic E-state index is 11.4. The summed E-state index contributed by atoms with van der Waals surface area (Å²) in [5.74, 6) is -1.37. The molecule has 1 aromatic rings. The van der Waals surface area contributed by atoms with Crippen LogP contribution in [0.15, 0.2) is 18.2 Å². The number of Topliss-reactive ketones (excluding diaryl/α,β-unsaturated/α-hetero) is 1. The Labute approximate surface area is 107 Å². The lowest BCUT2D eigenvalue weighted by Gasteiger charge is -2.14. The van der Waals surface area contributed by atoms with Crippen LogP contribution in [0.5, 0.6) is 0 Å². The van der Waals surface area contributed by atoms with Crippen molar-refractivity contribution in [3.8, 4) is 0 Å². The van der Waals surface area contributed by atoms with E-state index in [1.807, 2.05) is 0 Å². The Morgan fingerprint density at radius 2 is 2.06 bits per heavy atom. The fraction of sp³-hybridized carbons (Fsp3) is 0.333. The summed E-state index contributed by atoms with van der Waals surface area (Å²) in [5.41, 5.74) is 1.68. The van der Waals surface area contributed by atoms with Crippen molar-refractivity contribution in [2.24, 2.45) is 0 Å². The standard InChI is InChI=1S/C12H13BrO4/c1-7-3-2-4-9(11(15)12(16)17)10(7)5-8(14)6-13/h2-4,11,15H,5-6H2,1H3,(H,16,17). The lowest BCUT2D eigenvalue weighted by Crippen LogP contribution is -2.16. The van der Waals surface area contributed by atoms with Gasteiger partial charge in [0.2, 0.25) is 0 Å². The molecule has 0 saturated heterocycles. The van der Waals surface area contributed by atoms with Gasteiger partial charge < -0.3 is 10.2 Å². The molecule has 1 atom stereocenters. The Kier molecular flexibility index (Phi) is 4.84. The Morgan fingerprint density at radius 3 is 2.59 bits per heavy atom. The van der Waals surface area contributed by atoms with Gasteiger partial charge in [0.15, 0.2) is 6.10 Å². The molecule has 0 spiro atoms. The van der Waals surface area contributed by atoms with Crippen molar-refractivity contribution in [2.45, 2.75) is 19.4 Å². The summed E-state index contributed by atoms with van der Waals surface area (Å²) < 4.78 is 0. The van der Waals surface area contributed by atoms with Crippen LogP contribution in [0.4, 0.5) is 0 Å². The van der Waals surface area contributed by atoms with Crippen molar-refractivity contribution in [2.75, 3.05) is 5.33 Å². The highest BCUT2D eigenvalue weighted by Gasteiger charge is 2.21. The third-order valence-corrected chi connectivity index (χ3v) is 3.12.